The zero-order chi connectivity index (χ0) is 14.3. The van der Waals surface area contributed by atoms with Crippen LogP contribution in [0, 0.1) is 11.6 Å². The molecule has 0 saturated heterocycles. The van der Waals surface area contributed by atoms with Crippen molar-refractivity contribution in [3.63, 3.8) is 0 Å². The number of nitrogens with two attached hydrogens (primary N) is 1. The third-order valence-corrected chi connectivity index (χ3v) is 3.49. The van der Waals surface area contributed by atoms with E-state index in [4.69, 9.17) is 10.5 Å². The van der Waals surface area contributed by atoms with Gasteiger partial charge in [-0.1, -0.05) is 6.07 Å². The van der Waals surface area contributed by atoms with Gasteiger partial charge >= 0.3 is 5.97 Å². The van der Waals surface area contributed by atoms with Crippen molar-refractivity contribution < 1.29 is 18.3 Å². The Morgan fingerprint density at radius 3 is 2.63 bits per heavy atom. The molecule has 19 heavy (non-hydrogen) atoms. The lowest BCUT2D eigenvalue weighted by atomic mass is 10.2. The zero-order valence-corrected chi connectivity index (χ0v) is 11.5. The number of hydrogen-bond acceptors (Lipinski definition) is 4. The summed E-state index contributed by atoms with van der Waals surface area (Å²) in [4.78, 5) is 11.2. The van der Waals surface area contributed by atoms with Crippen molar-refractivity contribution in [1.82, 2.24) is 0 Å². The number of benzene rings is 1. The standard InChI is InChI=1S/C13H17F2NO2S/c1-2-18-13(17)12(16)6-7-19-8-9-10(14)4-3-5-11(9)15/h3-5,12H,2,6-8,16H2,1H3. The van der Waals surface area contributed by atoms with Crippen molar-refractivity contribution in [2.75, 3.05) is 12.4 Å². The first-order valence-corrected chi connectivity index (χ1v) is 7.14. The molecule has 0 aliphatic carbocycles. The highest BCUT2D eigenvalue weighted by Gasteiger charge is 2.14. The second-order valence-electron chi connectivity index (χ2n) is 3.90. The lowest BCUT2D eigenvalue weighted by molar-refractivity contribution is -0.144. The number of rotatable bonds is 7. The Labute approximate surface area is 115 Å². The summed E-state index contributed by atoms with van der Waals surface area (Å²) in [7, 11) is 0. The molecule has 1 atom stereocenters. The van der Waals surface area contributed by atoms with Crippen LogP contribution in [0.4, 0.5) is 8.78 Å². The fourth-order valence-corrected chi connectivity index (χ4v) is 2.47. The average molecular weight is 289 g/mol. The highest BCUT2D eigenvalue weighted by atomic mass is 32.2. The van der Waals surface area contributed by atoms with Gasteiger partial charge in [-0.15, -0.1) is 0 Å². The first-order chi connectivity index (χ1) is 9.06. The highest BCUT2D eigenvalue weighted by molar-refractivity contribution is 7.98. The summed E-state index contributed by atoms with van der Waals surface area (Å²) in [5.41, 5.74) is 5.66. The Morgan fingerprint density at radius 2 is 2.05 bits per heavy atom. The lowest BCUT2D eigenvalue weighted by Gasteiger charge is -2.10. The van der Waals surface area contributed by atoms with E-state index in [0.717, 1.165) is 0 Å². The molecule has 0 bridgehead atoms. The predicted octanol–water partition coefficient (Wildman–Crippen LogP) is 2.48. The molecule has 0 aliphatic rings. The average Bonchev–Trinajstić information content (AvgIpc) is 2.37. The quantitative estimate of drug-likeness (QED) is 0.619. The Kier molecular flexibility index (Phi) is 6.80. The van der Waals surface area contributed by atoms with Gasteiger partial charge < -0.3 is 10.5 Å². The third kappa shape index (κ3) is 5.16. The first kappa shape index (κ1) is 15.9. The second-order valence-corrected chi connectivity index (χ2v) is 5.01. The number of carbonyl (C=O) groups excluding carboxylic acids is 1. The van der Waals surface area contributed by atoms with Gasteiger partial charge in [0.15, 0.2) is 0 Å². The number of carbonyl (C=O) groups is 1. The Balaban J connectivity index is 2.33. The van der Waals surface area contributed by atoms with Crippen molar-refractivity contribution in [3.8, 4) is 0 Å². The fraction of sp³-hybridized carbons (Fsp3) is 0.462. The summed E-state index contributed by atoms with van der Waals surface area (Å²) in [5.74, 6) is -0.800. The second kappa shape index (κ2) is 8.12. The fourth-order valence-electron chi connectivity index (χ4n) is 1.42. The van der Waals surface area contributed by atoms with E-state index in [1.807, 2.05) is 0 Å². The summed E-state index contributed by atoms with van der Waals surface area (Å²) in [6.07, 6.45) is 0.416. The molecule has 1 aromatic rings. The molecule has 0 heterocycles. The van der Waals surface area contributed by atoms with E-state index in [1.54, 1.807) is 6.92 Å². The minimum atomic E-state index is -0.682. The largest absolute Gasteiger partial charge is 0.465 e. The lowest BCUT2D eigenvalue weighted by Crippen LogP contribution is -2.32. The van der Waals surface area contributed by atoms with E-state index in [2.05, 4.69) is 0 Å². The number of thioether (sulfide) groups is 1. The highest BCUT2D eigenvalue weighted by Crippen LogP contribution is 2.19. The molecule has 0 saturated carbocycles. The maximum Gasteiger partial charge on any atom is 0.322 e. The molecule has 106 valence electrons. The van der Waals surface area contributed by atoms with Gasteiger partial charge in [0.1, 0.15) is 17.7 Å². The molecule has 3 nitrogen and oxygen atoms in total. The summed E-state index contributed by atoms with van der Waals surface area (Å²) in [6, 6.07) is 3.10. The summed E-state index contributed by atoms with van der Waals surface area (Å²) in [5, 5.41) is 0. The van der Waals surface area contributed by atoms with Crippen molar-refractivity contribution in [3.05, 3.63) is 35.4 Å². The monoisotopic (exact) mass is 289 g/mol. The Morgan fingerprint density at radius 1 is 1.42 bits per heavy atom. The predicted molar refractivity (Wildman–Crippen MR) is 71.7 cm³/mol. The summed E-state index contributed by atoms with van der Waals surface area (Å²) < 4.78 is 31.4. The van der Waals surface area contributed by atoms with Crippen LogP contribution in [-0.4, -0.2) is 24.4 Å². The van der Waals surface area contributed by atoms with Gasteiger partial charge in [-0.05, 0) is 31.2 Å². The van der Waals surface area contributed by atoms with E-state index in [0.29, 0.717) is 18.8 Å². The van der Waals surface area contributed by atoms with Crippen LogP contribution in [0.25, 0.3) is 0 Å². The number of hydrogen-bond donors (Lipinski definition) is 1. The topological polar surface area (TPSA) is 52.3 Å². The minimum Gasteiger partial charge on any atom is -0.465 e. The molecular weight excluding hydrogens is 272 g/mol. The molecule has 1 rings (SSSR count). The molecule has 0 aromatic heterocycles. The minimum absolute atomic E-state index is 0.0530. The van der Waals surface area contributed by atoms with Crippen LogP contribution in [0.2, 0.25) is 0 Å². The van der Waals surface area contributed by atoms with Gasteiger partial charge in [-0.2, -0.15) is 11.8 Å². The van der Waals surface area contributed by atoms with Crippen LogP contribution in [0.5, 0.6) is 0 Å². The number of halogens is 2. The van der Waals surface area contributed by atoms with Gasteiger partial charge in [0.25, 0.3) is 0 Å². The molecule has 1 unspecified atom stereocenters. The van der Waals surface area contributed by atoms with Crippen LogP contribution in [0.15, 0.2) is 18.2 Å². The van der Waals surface area contributed by atoms with E-state index < -0.39 is 23.6 Å². The SMILES string of the molecule is CCOC(=O)C(N)CCSCc1c(F)cccc1F. The van der Waals surface area contributed by atoms with Gasteiger partial charge in [0.2, 0.25) is 0 Å². The van der Waals surface area contributed by atoms with Crippen LogP contribution < -0.4 is 5.73 Å². The zero-order valence-electron chi connectivity index (χ0n) is 10.7. The molecule has 0 radical (unpaired) electrons. The number of ether oxygens (including phenoxy) is 1. The third-order valence-electron chi connectivity index (χ3n) is 2.47. The van der Waals surface area contributed by atoms with Gasteiger partial charge in [0.05, 0.1) is 6.61 Å². The summed E-state index contributed by atoms with van der Waals surface area (Å²) in [6.45, 7) is 2.00. The molecule has 0 amide bonds. The smallest absolute Gasteiger partial charge is 0.322 e. The van der Waals surface area contributed by atoms with Gasteiger partial charge in [-0.25, -0.2) is 8.78 Å². The molecular formula is C13H17F2NO2S. The Bertz CT molecular complexity index is 409. The van der Waals surface area contributed by atoms with Gasteiger partial charge in [0, 0.05) is 11.3 Å². The van der Waals surface area contributed by atoms with E-state index >= 15 is 0 Å². The van der Waals surface area contributed by atoms with Crippen molar-refractivity contribution in [2.45, 2.75) is 25.1 Å². The van der Waals surface area contributed by atoms with Crippen molar-refractivity contribution in [2.24, 2.45) is 5.73 Å². The molecule has 0 fully saturated rings. The molecule has 2 N–H and O–H groups in total. The molecule has 0 aliphatic heterocycles. The molecule has 1 aromatic carbocycles. The Hall–Kier alpha value is -1.14. The maximum absolute atomic E-state index is 13.3. The van der Waals surface area contributed by atoms with Crippen LogP contribution in [0.1, 0.15) is 18.9 Å². The molecule has 6 heteroatoms. The van der Waals surface area contributed by atoms with Crippen LogP contribution in [-0.2, 0) is 15.3 Å². The van der Waals surface area contributed by atoms with Gasteiger partial charge in [-0.3, -0.25) is 4.79 Å². The van der Waals surface area contributed by atoms with E-state index in [1.165, 1.54) is 30.0 Å². The van der Waals surface area contributed by atoms with Crippen molar-refractivity contribution >= 4 is 17.7 Å². The van der Waals surface area contributed by atoms with E-state index in [-0.39, 0.29) is 11.3 Å². The first-order valence-electron chi connectivity index (χ1n) is 5.99. The van der Waals surface area contributed by atoms with Crippen molar-refractivity contribution in [1.29, 1.82) is 0 Å². The number of esters is 1. The van der Waals surface area contributed by atoms with E-state index in [9.17, 15) is 13.6 Å². The van der Waals surface area contributed by atoms with Crippen LogP contribution in [0.3, 0.4) is 0 Å². The maximum atomic E-state index is 13.3. The van der Waals surface area contributed by atoms with Crippen LogP contribution >= 0.6 is 11.8 Å². The normalized spacial score (nSPS) is 12.2. The molecule has 0 spiro atoms. The summed E-state index contributed by atoms with van der Waals surface area (Å²) >= 11 is 1.33.